The summed E-state index contributed by atoms with van der Waals surface area (Å²) in [4.78, 5) is 40.1. The Labute approximate surface area is 138 Å². The van der Waals surface area contributed by atoms with Crippen molar-refractivity contribution in [2.24, 2.45) is 0 Å². The Kier molecular flexibility index (Phi) is 4.70. The number of piperazine rings is 1. The molecule has 0 spiro atoms. The first-order valence-electron chi connectivity index (χ1n) is 7.82. The predicted octanol–water partition coefficient (Wildman–Crippen LogP) is 0.258. The van der Waals surface area contributed by atoms with Crippen molar-refractivity contribution in [1.82, 2.24) is 20.0 Å². The molecule has 2 aliphatic heterocycles. The van der Waals surface area contributed by atoms with E-state index in [0.717, 1.165) is 18.6 Å². The van der Waals surface area contributed by atoms with Gasteiger partial charge in [0, 0.05) is 37.9 Å². The fourth-order valence-corrected chi connectivity index (χ4v) is 4.15. The highest BCUT2D eigenvalue weighted by Crippen LogP contribution is 2.28. The average molecular weight is 336 g/mol. The Balaban J connectivity index is 1.61. The van der Waals surface area contributed by atoms with E-state index in [1.54, 1.807) is 23.6 Å². The zero-order chi connectivity index (χ0) is 16.4. The Bertz CT molecular complexity index is 661. The molecule has 2 amide bonds. The first-order valence-corrected chi connectivity index (χ1v) is 8.87. The van der Waals surface area contributed by atoms with Gasteiger partial charge in [0.15, 0.2) is 5.69 Å². The number of hydrogen-bond donors (Lipinski definition) is 1. The molecule has 1 aromatic rings. The quantitative estimate of drug-likeness (QED) is 0.837. The van der Waals surface area contributed by atoms with E-state index in [1.807, 2.05) is 4.90 Å². The first kappa shape index (κ1) is 16.0. The van der Waals surface area contributed by atoms with Crippen molar-refractivity contribution < 1.29 is 9.59 Å². The van der Waals surface area contributed by atoms with Gasteiger partial charge in [0.2, 0.25) is 11.3 Å². The van der Waals surface area contributed by atoms with Crippen LogP contribution in [0.5, 0.6) is 0 Å². The van der Waals surface area contributed by atoms with Crippen LogP contribution in [0.4, 0.5) is 0 Å². The van der Waals surface area contributed by atoms with Gasteiger partial charge in [-0.05, 0) is 25.5 Å². The zero-order valence-electron chi connectivity index (χ0n) is 13.1. The molecule has 2 saturated heterocycles. The lowest BCUT2D eigenvalue weighted by Gasteiger charge is -2.35. The maximum absolute atomic E-state index is 12.4. The molecular formula is C15H20N4O3S. The van der Waals surface area contributed by atoms with Crippen LogP contribution in [0.25, 0.3) is 0 Å². The van der Waals surface area contributed by atoms with Crippen LogP contribution in [-0.4, -0.2) is 69.0 Å². The summed E-state index contributed by atoms with van der Waals surface area (Å²) in [5, 5.41) is 6.60. The normalized spacial score (nSPS) is 21.5. The van der Waals surface area contributed by atoms with E-state index in [1.165, 1.54) is 6.07 Å². The van der Waals surface area contributed by atoms with Crippen LogP contribution < -0.4 is 5.43 Å². The Hall–Kier alpha value is -1.83. The number of rotatable bonds is 2. The van der Waals surface area contributed by atoms with E-state index < -0.39 is 0 Å². The highest BCUT2D eigenvalue weighted by atomic mass is 32.2. The molecule has 7 nitrogen and oxygen atoms in total. The number of nitrogens with one attached hydrogen (secondary N) is 1. The smallest absolute Gasteiger partial charge is 0.278 e. The molecule has 3 rings (SSSR count). The maximum Gasteiger partial charge on any atom is 0.278 e. The minimum atomic E-state index is -0.368. The summed E-state index contributed by atoms with van der Waals surface area (Å²) < 4.78 is 0. The summed E-state index contributed by atoms with van der Waals surface area (Å²) in [6.07, 6.45) is 2.05. The third kappa shape index (κ3) is 3.41. The molecule has 124 valence electrons. The van der Waals surface area contributed by atoms with Gasteiger partial charge in [0.25, 0.3) is 5.91 Å². The van der Waals surface area contributed by atoms with Crippen LogP contribution in [0.1, 0.15) is 29.0 Å². The van der Waals surface area contributed by atoms with E-state index in [9.17, 15) is 14.4 Å². The average Bonchev–Trinajstić information content (AvgIpc) is 3.08. The van der Waals surface area contributed by atoms with Crippen LogP contribution in [0.2, 0.25) is 0 Å². The van der Waals surface area contributed by atoms with Crippen LogP contribution in [-0.2, 0) is 4.79 Å². The fourth-order valence-electron chi connectivity index (χ4n) is 2.91. The summed E-state index contributed by atoms with van der Waals surface area (Å²) in [5.41, 5.74) is 0.171. The topological polar surface area (TPSA) is 86.4 Å². The molecule has 2 aliphatic rings. The first-order chi connectivity index (χ1) is 11.1. The van der Waals surface area contributed by atoms with Gasteiger partial charge in [0.1, 0.15) is 0 Å². The standard InChI is InChI=1S/C15H20N4O3S/c1-10-9-11(20)13(17-16-10)15(22)19-6-4-18(5-7-19)14(21)12-3-2-8-23-12/h9,12H,2-8H2,1H3,(H,16,20). The molecule has 8 heteroatoms. The van der Waals surface area contributed by atoms with Crippen LogP contribution in [0, 0.1) is 6.92 Å². The molecule has 1 N–H and O–H groups in total. The van der Waals surface area contributed by atoms with Gasteiger partial charge >= 0.3 is 0 Å². The van der Waals surface area contributed by atoms with Gasteiger partial charge in [0.05, 0.1) is 5.25 Å². The maximum atomic E-state index is 12.4. The fraction of sp³-hybridized carbons (Fsp3) is 0.600. The molecule has 2 fully saturated rings. The third-order valence-electron chi connectivity index (χ3n) is 4.21. The number of carbonyl (C=O) groups excluding carboxylic acids is 2. The second kappa shape index (κ2) is 6.74. The summed E-state index contributed by atoms with van der Waals surface area (Å²) >= 11 is 1.72. The van der Waals surface area contributed by atoms with Crippen molar-refractivity contribution in [3.05, 3.63) is 27.7 Å². The van der Waals surface area contributed by atoms with Gasteiger partial charge in [-0.2, -0.15) is 5.10 Å². The lowest BCUT2D eigenvalue weighted by molar-refractivity contribution is -0.132. The number of thioether (sulfide) groups is 1. The minimum Gasteiger partial charge on any atom is -0.338 e. The number of amides is 2. The van der Waals surface area contributed by atoms with Crippen molar-refractivity contribution in [1.29, 1.82) is 0 Å². The Morgan fingerprint density at radius 2 is 1.96 bits per heavy atom. The molecule has 1 unspecified atom stereocenters. The second-order valence-electron chi connectivity index (χ2n) is 5.88. The molecule has 0 aliphatic carbocycles. The molecule has 3 heterocycles. The molecule has 1 atom stereocenters. The van der Waals surface area contributed by atoms with E-state index in [-0.39, 0.29) is 28.2 Å². The largest absolute Gasteiger partial charge is 0.338 e. The van der Waals surface area contributed by atoms with E-state index >= 15 is 0 Å². The van der Waals surface area contributed by atoms with Crippen LogP contribution >= 0.6 is 11.8 Å². The number of hydrogen-bond acceptors (Lipinski definition) is 5. The van der Waals surface area contributed by atoms with Gasteiger partial charge in [-0.1, -0.05) is 0 Å². The predicted molar refractivity (Wildman–Crippen MR) is 87.6 cm³/mol. The summed E-state index contributed by atoms with van der Waals surface area (Å²) in [5.74, 6) is 0.871. The summed E-state index contributed by atoms with van der Waals surface area (Å²) in [7, 11) is 0. The third-order valence-corrected chi connectivity index (χ3v) is 5.58. The number of nitrogens with zero attached hydrogens (tertiary/aromatic N) is 3. The number of H-pyrrole nitrogens is 1. The molecule has 0 radical (unpaired) electrons. The van der Waals surface area contributed by atoms with Crippen molar-refractivity contribution in [3.8, 4) is 0 Å². The summed E-state index contributed by atoms with van der Waals surface area (Å²) in [6.45, 7) is 3.64. The zero-order valence-corrected chi connectivity index (χ0v) is 13.9. The molecule has 0 aromatic carbocycles. The Morgan fingerprint density at radius 1 is 1.26 bits per heavy atom. The monoisotopic (exact) mass is 336 g/mol. The molecule has 23 heavy (non-hydrogen) atoms. The van der Waals surface area contributed by atoms with Crippen molar-refractivity contribution in [3.63, 3.8) is 0 Å². The second-order valence-corrected chi connectivity index (χ2v) is 7.19. The van der Waals surface area contributed by atoms with E-state index in [2.05, 4.69) is 10.2 Å². The molecular weight excluding hydrogens is 316 g/mol. The highest BCUT2D eigenvalue weighted by molar-refractivity contribution is 8.00. The summed E-state index contributed by atoms with van der Waals surface area (Å²) in [6, 6.07) is 1.37. The molecule has 1 aromatic heterocycles. The SMILES string of the molecule is Cc1cc(=O)c(C(=O)N2CCN(C(=O)C3CCCS3)CC2)n[nH]1. The van der Waals surface area contributed by atoms with E-state index in [0.29, 0.717) is 31.9 Å². The van der Waals surface area contributed by atoms with Crippen LogP contribution in [0.15, 0.2) is 10.9 Å². The molecule has 0 bridgehead atoms. The number of aromatic nitrogens is 2. The van der Waals surface area contributed by atoms with Crippen molar-refractivity contribution in [2.75, 3.05) is 31.9 Å². The van der Waals surface area contributed by atoms with Gasteiger partial charge in [-0.15, -0.1) is 11.8 Å². The highest BCUT2D eigenvalue weighted by Gasteiger charge is 2.31. The Morgan fingerprint density at radius 3 is 2.57 bits per heavy atom. The van der Waals surface area contributed by atoms with E-state index in [4.69, 9.17) is 0 Å². The van der Waals surface area contributed by atoms with Crippen molar-refractivity contribution >= 4 is 23.6 Å². The van der Waals surface area contributed by atoms with Crippen LogP contribution in [0.3, 0.4) is 0 Å². The van der Waals surface area contributed by atoms with Gasteiger partial charge in [-0.25, -0.2) is 0 Å². The number of aromatic amines is 1. The minimum absolute atomic E-state index is 0.0817. The lowest BCUT2D eigenvalue weighted by atomic mass is 10.2. The van der Waals surface area contributed by atoms with Crippen molar-refractivity contribution in [2.45, 2.75) is 25.0 Å². The molecule has 0 saturated carbocycles. The van der Waals surface area contributed by atoms with Gasteiger partial charge in [-0.3, -0.25) is 19.5 Å². The number of aryl methyl sites for hydroxylation is 1. The van der Waals surface area contributed by atoms with Gasteiger partial charge < -0.3 is 9.80 Å². The number of carbonyl (C=O) groups is 2. The lowest BCUT2D eigenvalue weighted by Crippen LogP contribution is -2.53.